The Balaban J connectivity index is 1.89. The summed E-state index contributed by atoms with van der Waals surface area (Å²) in [6, 6.07) is 7.39. The molecule has 0 spiro atoms. The molecule has 0 saturated carbocycles. The highest BCUT2D eigenvalue weighted by atomic mass is 35.5. The van der Waals surface area contributed by atoms with Crippen LogP contribution in [0.25, 0.3) is 0 Å². The van der Waals surface area contributed by atoms with E-state index in [2.05, 4.69) is 12.2 Å². The second-order valence-corrected chi connectivity index (χ2v) is 6.26. The van der Waals surface area contributed by atoms with Gasteiger partial charge in [-0.15, -0.1) is 0 Å². The Morgan fingerprint density at radius 1 is 1.43 bits per heavy atom. The number of carbonyl (C=O) groups excluding carboxylic acids is 1. The molecule has 1 aliphatic rings. The Morgan fingerprint density at radius 2 is 2.14 bits per heavy atom. The lowest BCUT2D eigenvalue weighted by Gasteiger charge is -2.41. The second kappa shape index (κ2) is 7.14. The van der Waals surface area contributed by atoms with Crippen LogP contribution in [0.4, 0.5) is 4.79 Å². The fourth-order valence-electron chi connectivity index (χ4n) is 2.80. The summed E-state index contributed by atoms with van der Waals surface area (Å²) in [5, 5.41) is 13.2. The first-order chi connectivity index (χ1) is 10.1. The molecule has 2 amide bonds. The van der Waals surface area contributed by atoms with Crippen LogP contribution in [0, 0.1) is 5.41 Å². The molecule has 0 aliphatic carbocycles. The number of hydrogen-bond acceptors (Lipinski definition) is 2. The highest BCUT2D eigenvalue weighted by Crippen LogP contribution is 2.32. The van der Waals surface area contributed by atoms with E-state index in [1.807, 2.05) is 29.2 Å². The summed E-state index contributed by atoms with van der Waals surface area (Å²) in [6.45, 7) is 4.10. The van der Waals surface area contributed by atoms with Gasteiger partial charge in [-0.1, -0.05) is 30.7 Å². The predicted molar refractivity (Wildman–Crippen MR) is 84.3 cm³/mol. The number of halogens is 1. The van der Waals surface area contributed by atoms with Gasteiger partial charge in [0.15, 0.2) is 0 Å². The van der Waals surface area contributed by atoms with E-state index >= 15 is 0 Å². The van der Waals surface area contributed by atoms with E-state index < -0.39 is 0 Å². The SMILES string of the molecule is CC[C@]1(CO)CCCN(C(=O)NCc2ccc(Cl)cc2)C1. The van der Waals surface area contributed by atoms with Crippen LogP contribution in [0.15, 0.2) is 24.3 Å². The van der Waals surface area contributed by atoms with Crippen LogP contribution >= 0.6 is 11.6 Å². The molecule has 0 bridgehead atoms. The van der Waals surface area contributed by atoms with E-state index in [1.54, 1.807) is 0 Å². The minimum absolute atomic E-state index is 0.0593. The number of benzene rings is 1. The number of rotatable bonds is 4. The van der Waals surface area contributed by atoms with Crippen LogP contribution in [0.1, 0.15) is 31.7 Å². The van der Waals surface area contributed by atoms with Gasteiger partial charge in [0.1, 0.15) is 0 Å². The quantitative estimate of drug-likeness (QED) is 0.898. The minimum atomic E-state index is -0.129. The largest absolute Gasteiger partial charge is 0.396 e. The molecule has 1 aliphatic heterocycles. The van der Waals surface area contributed by atoms with Gasteiger partial charge in [0.2, 0.25) is 0 Å². The highest BCUT2D eigenvalue weighted by Gasteiger charge is 2.35. The maximum atomic E-state index is 12.3. The number of urea groups is 1. The Bertz CT molecular complexity index is 472. The molecule has 1 aromatic carbocycles. The van der Waals surface area contributed by atoms with Crippen molar-refractivity contribution in [2.24, 2.45) is 5.41 Å². The minimum Gasteiger partial charge on any atom is -0.396 e. The Labute approximate surface area is 131 Å². The van der Waals surface area contributed by atoms with E-state index in [9.17, 15) is 9.90 Å². The molecular weight excluding hydrogens is 288 g/mol. The fourth-order valence-corrected chi connectivity index (χ4v) is 2.93. The maximum absolute atomic E-state index is 12.3. The van der Waals surface area contributed by atoms with Gasteiger partial charge in [-0.05, 0) is 37.0 Å². The molecule has 0 radical (unpaired) electrons. The first-order valence-electron chi connectivity index (χ1n) is 7.47. The summed E-state index contributed by atoms with van der Waals surface area (Å²) >= 11 is 5.84. The summed E-state index contributed by atoms with van der Waals surface area (Å²) < 4.78 is 0. The molecule has 1 fully saturated rings. The van der Waals surface area contributed by atoms with Crippen LogP contribution in [-0.4, -0.2) is 35.7 Å². The van der Waals surface area contributed by atoms with Crippen LogP contribution in [0.2, 0.25) is 5.02 Å². The van der Waals surface area contributed by atoms with Gasteiger partial charge in [0, 0.05) is 30.1 Å². The zero-order valence-electron chi connectivity index (χ0n) is 12.4. The van der Waals surface area contributed by atoms with E-state index in [4.69, 9.17) is 11.6 Å². The number of carbonyl (C=O) groups is 1. The van der Waals surface area contributed by atoms with Gasteiger partial charge in [-0.2, -0.15) is 0 Å². The van der Waals surface area contributed by atoms with Crippen molar-refractivity contribution in [1.82, 2.24) is 10.2 Å². The number of nitrogens with zero attached hydrogens (tertiary/aromatic N) is 1. The van der Waals surface area contributed by atoms with Gasteiger partial charge in [-0.25, -0.2) is 4.79 Å². The van der Waals surface area contributed by atoms with Crippen molar-refractivity contribution >= 4 is 17.6 Å². The molecule has 1 heterocycles. The number of amides is 2. The first kappa shape index (κ1) is 16.1. The van der Waals surface area contributed by atoms with E-state index in [0.29, 0.717) is 18.1 Å². The zero-order valence-corrected chi connectivity index (χ0v) is 13.2. The molecule has 0 aromatic heterocycles. The van der Waals surface area contributed by atoms with Crippen molar-refractivity contribution < 1.29 is 9.90 Å². The fraction of sp³-hybridized carbons (Fsp3) is 0.562. The lowest BCUT2D eigenvalue weighted by atomic mass is 9.78. The van der Waals surface area contributed by atoms with Gasteiger partial charge in [0.05, 0.1) is 6.61 Å². The first-order valence-corrected chi connectivity index (χ1v) is 7.84. The average Bonchev–Trinajstić information content (AvgIpc) is 2.54. The standard InChI is InChI=1S/C16H23ClN2O2/c1-2-16(12-20)8-3-9-19(11-16)15(21)18-10-13-4-6-14(17)7-5-13/h4-7,20H,2-3,8-12H2,1H3,(H,18,21)/t16-/m0/s1. The summed E-state index contributed by atoms with van der Waals surface area (Å²) in [4.78, 5) is 14.1. The molecular formula is C16H23ClN2O2. The third-order valence-corrected chi connectivity index (χ3v) is 4.64. The number of likely N-dealkylation sites (tertiary alicyclic amines) is 1. The molecule has 1 saturated heterocycles. The monoisotopic (exact) mass is 310 g/mol. The molecule has 21 heavy (non-hydrogen) atoms. The topological polar surface area (TPSA) is 52.6 Å². The van der Waals surface area contributed by atoms with Crippen molar-refractivity contribution in [2.75, 3.05) is 19.7 Å². The zero-order chi connectivity index (χ0) is 15.3. The van der Waals surface area contributed by atoms with Gasteiger partial charge in [0.25, 0.3) is 0 Å². The maximum Gasteiger partial charge on any atom is 0.317 e. The van der Waals surface area contributed by atoms with Crippen molar-refractivity contribution in [3.05, 3.63) is 34.9 Å². The lowest BCUT2D eigenvalue weighted by molar-refractivity contribution is 0.0439. The van der Waals surface area contributed by atoms with Crippen LogP contribution in [0.5, 0.6) is 0 Å². The molecule has 2 N–H and O–H groups in total. The smallest absolute Gasteiger partial charge is 0.317 e. The predicted octanol–water partition coefficient (Wildman–Crippen LogP) is 3.03. The summed E-state index contributed by atoms with van der Waals surface area (Å²) in [5.41, 5.74) is 0.893. The van der Waals surface area contributed by atoms with E-state index in [-0.39, 0.29) is 18.1 Å². The van der Waals surface area contributed by atoms with Crippen molar-refractivity contribution in [2.45, 2.75) is 32.7 Å². The van der Waals surface area contributed by atoms with Crippen molar-refractivity contribution in [1.29, 1.82) is 0 Å². The molecule has 1 atom stereocenters. The third kappa shape index (κ3) is 4.11. The Morgan fingerprint density at radius 3 is 2.76 bits per heavy atom. The Kier molecular flexibility index (Phi) is 5.48. The summed E-state index contributed by atoms with van der Waals surface area (Å²) in [6.07, 6.45) is 2.83. The third-order valence-electron chi connectivity index (χ3n) is 4.39. The molecule has 2 rings (SSSR count). The van der Waals surface area contributed by atoms with Gasteiger partial charge >= 0.3 is 6.03 Å². The number of piperidine rings is 1. The molecule has 0 unspecified atom stereocenters. The molecule has 116 valence electrons. The average molecular weight is 311 g/mol. The number of aliphatic hydroxyl groups excluding tert-OH is 1. The van der Waals surface area contributed by atoms with Crippen molar-refractivity contribution in [3.8, 4) is 0 Å². The second-order valence-electron chi connectivity index (χ2n) is 5.82. The van der Waals surface area contributed by atoms with Crippen LogP contribution in [0.3, 0.4) is 0 Å². The molecule has 1 aromatic rings. The summed E-state index contributed by atoms with van der Waals surface area (Å²) in [5.74, 6) is 0. The lowest BCUT2D eigenvalue weighted by Crippen LogP contribution is -2.50. The summed E-state index contributed by atoms with van der Waals surface area (Å²) in [7, 11) is 0. The van der Waals surface area contributed by atoms with Crippen molar-refractivity contribution in [3.63, 3.8) is 0 Å². The number of nitrogens with one attached hydrogen (secondary N) is 1. The molecule has 4 nitrogen and oxygen atoms in total. The number of hydrogen-bond donors (Lipinski definition) is 2. The normalized spacial score (nSPS) is 22.1. The van der Waals surface area contributed by atoms with Crippen LogP contribution in [-0.2, 0) is 6.54 Å². The van der Waals surface area contributed by atoms with Gasteiger partial charge in [-0.3, -0.25) is 0 Å². The molecule has 5 heteroatoms. The Hall–Kier alpha value is -1.26. The number of aliphatic hydroxyl groups is 1. The van der Waals surface area contributed by atoms with E-state index in [1.165, 1.54) is 0 Å². The van der Waals surface area contributed by atoms with Gasteiger partial charge < -0.3 is 15.3 Å². The van der Waals surface area contributed by atoms with E-state index in [0.717, 1.165) is 31.4 Å². The van der Waals surface area contributed by atoms with Crippen LogP contribution < -0.4 is 5.32 Å². The highest BCUT2D eigenvalue weighted by molar-refractivity contribution is 6.30.